The van der Waals surface area contributed by atoms with E-state index in [0.717, 1.165) is 5.56 Å². The largest absolute Gasteiger partial charge is 0.492 e. The number of sulfone groups is 1. The number of hydrogen-bond donors (Lipinski definition) is 2. The number of amides is 1. The molecule has 2 unspecified atom stereocenters. The van der Waals surface area contributed by atoms with Crippen molar-refractivity contribution >= 4 is 31.5 Å². The molecule has 0 aromatic heterocycles. The Labute approximate surface area is 230 Å². The Morgan fingerprint density at radius 2 is 1.62 bits per heavy atom. The molecule has 9 nitrogen and oxygen atoms in total. The van der Waals surface area contributed by atoms with Gasteiger partial charge in [-0.1, -0.05) is 60.7 Å². The number of hydrogen-bond acceptors (Lipinski definition) is 7. The van der Waals surface area contributed by atoms with Crippen LogP contribution in [-0.2, 0) is 37.7 Å². The van der Waals surface area contributed by atoms with E-state index in [-0.39, 0.29) is 41.2 Å². The van der Waals surface area contributed by atoms with Gasteiger partial charge in [0, 0.05) is 31.7 Å². The smallest absolute Gasteiger partial charge is 0.247 e. The summed E-state index contributed by atoms with van der Waals surface area (Å²) in [7, 11) is -7.84. The van der Waals surface area contributed by atoms with Gasteiger partial charge in [0.25, 0.3) is 0 Å². The Hall–Kier alpha value is -3.25. The van der Waals surface area contributed by atoms with E-state index in [9.17, 15) is 21.6 Å². The summed E-state index contributed by atoms with van der Waals surface area (Å²) in [6, 6.07) is 21.5. The lowest BCUT2D eigenvalue weighted by atomic mass is 10.1. The van der Waals surface area contributed by atoms with E-state index >= 15 is 0 Å². The molecule has 208 valence electrons. The van der Waals surface area contributed by atoms with Gasteiger partial charge in [-0.15, -0.1) is 0 Å². The third kappa shape index (κ3) is 7.24. The van der Waals surface area contributed by atoms with Crippen molar-refractivity contribution in [2.45, 2.75) is 43.9 Å². The topological polar surface area (TPSA) is 122 Å². The van der Waals surface area contributed by atoms with Crippen molar-refractivity contribution in [1.82, 2.24) is 9.62 Å². The number of ether oxygens (including phenoxy) is 1. The summed E-state index contributed by atoms with van der Waals surface area (Å²) >= 11 is 0. The fraction of sp³-hybridized carbons (Fsp3) is 0.321. The van der Waals surface area contributed by atoms with Crippen LogP contribution in [0, 0.1) is 0 Å². The predicted octanol–water partition coefficient (Wildman–Crippen LogP) is 3.19. The summed E-state index contributed by atoms with van der Waals surface area (Å²) in [5.41, 5.74) is 1.96. The molecule has 1 aliphatic heterocycles. The summed E-state index contributed by atoms with van der Waals surface area (Å²) in [6.07, 6.45) is 0. The standard InChI is InChI=1S/C28H33N3O6S2/c1-3-37-27-15-14-24(30-21(2)32)16-28(27)39(35,36)31(18-23-12-8-5-9-13-23)26-20-38(33,34)19-25(26)29-17-22-10-6-4-7-11-22/h4-16,25-26,29H,3,17-20H2,1-2H3,(H,30,32). The van der Waals surface area contributed by atoms with Gasteiger partial charge in [-0.25, -0.2) is 16.8 Å². The van der Waals surface area contributed by atoms with Crippen molar-refractivity contribution in [1.29, 1.82) is 0 Å². The molecule has 0 saturated carbocycles. The Kier molecular flexibility index (Phi) is 9.06. The summed E-state index contributed by atoms with van der Waals surface area (Å²) < 4.78 is 61.5. The van der Waals surface area contributed by atoms with Crippen molar-refractivity contribution in [3.8, 4) is 5.75 Å². The Morgan fingerprint density at radius 1 is 0.974 bits per heavy atom. The minimum Gasteiger partial charge on any atom is -0.492 e. The van der Waals surface area contributed by atoms with Gasteiger partial charge in [0.15, 0.2) is 9.84 Å². The van der Waals surface area contributed by atoms with E-state index in [1.54, 1.807) is 37.3 Å². The van der Waals surface area contributed by atoms with Crippen molar-refractivity contribution in [2.75, 3.05) is 23.4 Å². The van der Waals surface area contributed by atoms with E-state index < -0.39 is 31.9 Å². The normalized spacial score (nSPS) is 18.6. The summed E-state index contributed by atoms with van der Waals surface area (Å²) in [6.45, 7) is 3.65. The first-order valence-electron chi connectivity index (χ1n) is 12.7. The molecule has 1 heterocycles. The zero-order valence-corrected chi connectivity index (χ0v) is 23.5. The first-order valence-corrected chi connectivity index (χ1v) is 15.9. The average molecular weight is 572 g/mol. The number of carbonyl (C=O) groups excluding carboxylic acids is 1. The van der Waals surface area contributed by atoms with Crippen LogP contribution in [0.3, 0.4) is 0 Å². The molecule has 0 bridgehead atoms. The number of sulfonamides is 1. The molecule has 1 fully saturated rings. The average Bonchev–Trinajstić information content (AvgIpc) is 3.21. The van der Waals surface area contributed by atoms with Crippen LogP contribution < -0.4 is 15.4 Å². The van der Waals surface area contributed by atoms with Crippen LogP contribution in [0.15, 0.2) is 83.8 Å². The van der Waals surface area contributed by atoms with E-state index in [4.69, 9.17) is 4.74 Å². The third-order valence-corrected chi connectivity index (χ3v) is 10.0. The maximum atomic E-state index is 14.4. The molecule has 0 spiro atoms. The first-order chi connectivity index (χ1) is 18.6. The maximum Gasteiger partial charge on any atom is 0.247 e. The highest BCUT2D eigenvalue weighted by atomic mass is 32.2. The molecule has 1 aliphatic rings. The summed E-state index contributed by atoms with van der Waals surface area (Å²) in [5, 5.41) is 5.92. The first kappa shape index (κ1) is 28.8. The van der Waals surface area contributed by atoms with Gasteiger partial charge >= 0.3 is 0 Å². The lowest BCUT2D eigenvalue weighted by molar-refractivity contribution is -0.114. The van der Waals surface area contributed by atoms with Crippen molar-refractivity contribution in [2.24, 2.45) is 0 Å². The highest BCUT2D eigenvalue weighted by Crippen LogP contribution is 2.34. The Balaban J connectivity index is 1.78. The zero-order chi connectivity index (χ0) is 28.0. The van der Waals surface area contributed by atoms with Gasteiger partial charge in [-0.05, 0) is 36.2 Å². The molecule has 0 radical (unpaired) electrons. The summed E-state index contributed by atoms with van der Waals surface area (Å²) in [4.78, 5) is 11.6. The summed E-state index contributed by atoms with van der Waals surface area (Å²) in [5.74, 6) is -0.730. The second-order valence-electron chi connectivity index (χ2n) is 9.43. The number of carbonyl (C=O) groups is 1. The maximum absolute atomic E-state index is 14.4. The van der Waals surface area contributed by atoms with Crippen LogP contribution in [0.1, 0.15) is 25.0 Å². The molecule has 11 heteroatoms. The van der Waals surface area contributed by atoms with Crippen LogP contribution in [0.5, 0.6) is 5.75 Å². The Bertz CT molecular complexity index is 1500. The second-order valence-corrected chi connectivity index (χ2v) is 13.4. The highest BCUT2D eigenvalue weighted by Gasteiger charge is 2.46. The van der Waals surface area contributed by atoms with Gasteiger partial charge < -0.3 is 15.4 Å². The van der Waals surface area contributed by atoms with Gasteiger partial charge in [0.05, 0.1) is 24.2 Å². The third-order valence-electron chi connectivity index (χ3n) is 6.44. The molecule has 0 aliphatic carbocycles. The molecule has 3 aromatic rings. The van der Waals surface area contributed by atoms with Crippen LogP contribution in [0.4, 0.5) is 5.69 Å². The number of nitrogens with zero attached hydrogens (tertiary/aromatic N) is 1. The fourth-order valence-corrected chi connectivity index (χ4v) is 8.55. The monoisotopic (exact) mass is 571 g/mol. The van der Waals surface area contributed by atoms with Crippen LogP contribution in [0.25, 0.3) is 0 Å². The molecule has 4 rings (SSSR count). The predicted molar refractivity (Wildman–Crippen MR) is 151 cm³/mol. The molecular weight excluding hydrogens is 538 g/mol. The van der Waals surface area contributed by atoms with E-state index in [2.05, 4.69) is 10.6 Å². The van der Waals surface area contributed by atoms with Gasteiger partial charge in [-0.2, -0.15) is 4.31 Å². The molecule has 2 N–H and O–H groups in total. The minimum atomic E-state index is -4.31. The second kappa shape index (κ2) is 12.3. The SMILES string of the molecule is CCOc1ccc(NC(C)=O)cc1S(=O)(=O)N(Cc1ccccc1)C1CS(=O)(=O)CC1NCc1ccccc1. The molecule has 3 aromatic carbocycles. The van der Waals surface area contributed by atoms with Gasteiger partial charge in [0.1, 0.15) is 10.6 Å². The quantitative estimate of drug-likeness (QED) is 0.363. The van der Waals surface area contributed by atoms with Crippen LogP contribution in [0.2, 0.25) is 0 Å². The zero-order valence-electron chi connectivity index (χ0n) is 21.9. The minimum absolute atomic E-state index is 0.0389. The molecule has 1 amide bonds. The number of anilines is 1. The van der Waals surface area contributed by atoms with Gasteiger partial charge in [0.2, 0.25) is 15.9 Å². The van der Waals surface area contributed by atoms with E-state index in [1.807, 2.05) is 36.4 Å². The number of rotatable bonds is 11. The van der Waals surface area contributed by atoms with E-state index in [0.29, 0.717) is 17.8 Å². The number of benzene rings is 3. The molecule has 39 heavy (non-hydrogen) atoms. The van der Waals surface area contributed by atoms with Crippen LogP contribution >= 0.6 is 0 Å². The lowest BCUT2D eigenvalue weighted by Crippen LogP contribution is -2.51. The highest BCUT2D eigenvalue weighted by molar-refractivity contribution is 7.92. The molecule has 1 saturated heterocycles. The van der Waals surface area contributed by atoms with Crippen molar-refractivity contribution < 1.29 is 26.4 Å². The molecule has 2 atom stereocenters. The van der Waals surface area contributed by atoms with Crippen molar-refractivity contribution in [3.05, 3.63) is 90.0 Å². The number of nitrogens with one attached hydrogen (secondary N) is 2. The fourth-order valence-electron chi connectivity index (χ4n) is 4.69. The molecular formula is C28H33N3O6S2. The lowest BCUT2D eigenvalue weighted by Gasteiger charge is -2.32. The Morgan fingerprint density at radius 3 is 2.23 bits per heavy atom. The van der Waals surface area contributed by atoms with Crippen molar-refractivity contribution in [3.63, 3.8) is 0 Å². The van der Waals surface area contributed by atoms with Gasteiger partial charge in [-0.3, -0.25) is 4.79 Å². The van der Waals surface area contributed by atoms with Crippen LogP contribution in [-0.4, -0.2) is 57.2 Å². The van der Waals surface area contributed by atoms with E-state index in [1.165, 1.54) is 23.4 Å².